The molecule has 0 saturated carbocycles. The van der Waals surface area contributed by atoms with E-state index >= 15 is 0 Å². The predicted molar refractivity (Wildman–Crippen MR) is 102 cm³/mol. The number of piperidine rings is 1. The standard InChI is InChI=1S/C17H18ClNO4S3/c18-16-8-9-17(24-16)26(22,23)19-12-6-7-13(19)11-15(10-12)25(20,21)14-4-2-1-3-5-14/h1-5,8-9,12-13,15H,6-7,10-11H2. The molecular weight excluding hydrogens is 414 g/mol. The van der Waals surface area contributed by atoms with Crippen LogP contribution in [0.25, 0.3) is 0 Å². The molecule has 0 N–H and O–H groups in total. The molecule has 140 valence electrons. The molecule has 2 bridgehead atoms. The number of halogens is 1. The van der Waals surface area contributed by atoms with E-state index in [1.165, 1.54) is 10.4 Å². The van der Waals surface area contributed by atoms with Gasteiger partial charge in [0.15, 0.2) is 9.84 Å². The van der Waals surface area contributed by atoms with E-state index in [2.05, 4.69) is 0 Å². The van der Waals surface area contributed by atoms with Gasteiger partial charge < -0.3 is 0 Å². The summed E-state index contributed by atoms with van der Waals surface area (Å²) in [4.78, 5) is 0.311. The normalized spacial score (nSPS) is 26.9. The van der Waals surface area contributed by atoms with E-state index in [0.29, 0.717) is 34.9 Å². The molecule has 2 unspecified atom stereocenters. The summed E-state index contributed by atoms with van der Waals surface area (Å²) < 4.78 is 54.1. The molecule has 2 aliphatic rings. The lowest BCUT2D eigenvalue weighted by Crippen LogP contribution is -2.49. The van der Waals surface area contributed by atoms with Crippen LogP contribution in [0.2, 0.25) is 4.34 Å². The fourth-order valence-electron chi connectivity index (χ4n) is 4.07. The van der Waals surface area contributed by atoms with Crippen molar-refractivity contribution in [1.29, 1.82) is 0 Å². The van der Waals surface area contributed by atoms with Crippen LogP contribution in [0.3, 0.4) is 0 Å². The summed E-state index contributed by atoms with van der Waals surface area (Å²) in [6.45, 7) is 0. The second-order valence-electron chi connectivity index (χ2n) is 6.73. The Bertz CT molecular complexity index is 1000. The second-order valence-corrected chi connectivity index (χ2v) is 12.7. The quantitative estimate of drug-likeness (QED) is 0.742. The molecule has 2 aromatic rings. The zero-order chi connectivity index (χ0) is 18.5. The fourth-order valence-corrected chi connectivity index (χ4v) is 9.42. The third-order valence-electron chi connectivity index (χ3n) is 5.21. The number of thiophene rings is 1. The summed E-state index contributed by atoms with van der Waals surface area (Å²) in [5.74, 6) is 0. The smallest absolute Gasteiger partial charge is 0.223 e. The van der Waals surface area contributed by atoms with Crippen LogP contribution in [0.1, 0.15) is 25.7 Å². The Balaban J connectivity index is 1.63. The minimum atomic E-state index is -3.64. The van der Waals surface area contributed by atoms with Gasteiger partial charge in [-0.2, -0.15) is 4.31 Å². The number of hydrogen-bond acceptors (Lipinski definition) is 5. The number of nitrogens with zero attached hydrogens (tertiary/aromatic N) is 1. The van der Waals surface area contributed by atoms with Crippen LogP contribution in [0.15, 0.2) is 51.6 Å². The van der Waals surface area contributed by atoms with Crippen LogP contribution < -0.4 is 0 Å². The van der Waals surface area contributed by atoms with E-state index < -0.39 is 25.1 Å². The first kappa shape index (κ1) is 18.4. The average Bonchev–Trinajstić information content (AvgIpc) is 3.17. The fraction of sp³-hybridized carbons (Fsp3) is 0.412. The SMILES string of the molecule is O=S(=O)(c1ccccc1)C1CC2CCC(C1)N2S(=O)(=O)c1ccc(Cl)s1. The van der Waals surface area contributed by atoms with Crippen LogP contribution >= 0.6 is 22.9 Å². The zero-order valence-electron chi connectivity index (χ0n) is 13.8. The van der Waals surface area contributed by atoms with Gasteiger partial charge in [0.05, 0.1) is 14.5 Å². The lowest BCUT2D eigenvalue weighted by Gasteiger charge is -2.37. The number of sulfonamides is 1. The predicted octanol–water partition coefficient (Wildman–Crippen LogP) is 3.56. The van der Waals surface area contributed by atoms with Crippen LogP contribution in [0.5, 0.6) is 0 Å². The summed E-state index contributed by atoms with van der Waals surface area (Å²) in [7, 11) is -7.10. The molecule has 1 aromatic heterocycles. The van der Waals surface area contributed by atoms with Gasteiger partial charge in [0.1, 0.15) is 4.21 Å². The summed E-state index contributed by atoms with van der Waals surface area (Å²) in [6.07, 6.45) is 2.08. The maximum absolute atomic E-state index is 13.0. The van der Waals surface area contributed by atoms with Gasteiger partial charge in [-0.15, -0.1) is 11.3 Å². The summed E-state index contributed by atoms with van der Waals surface area (Å²) in [6, 6.07) is 11.0. The summed E-state index contributed by atoms with van der Waals surface area (Å²) in [5.41, 5.74) is 0. The molecule has 26 heavy (non-hydrogen) atoms. The molecule has 9 heteroatoms. The first-order valence-electron chi connectivity index (χ1n) is 8.38. The first-order chi connectivity index (χ1) is 12.3. The number of sulfone groups is 1. The van der Waals surface area contributed by atoms with E-state index in [1.54, 1.807) is 36.4 Å². The summed E-state index contributed by atoms with van der Waals surface area (Å²) >= 11 is 6.94. The van der Waals surface area contributed by atoms with Crippen molar-refractivity contribution in [2.45, 2.75) is 52.1 Å². The number of fused-ring (bicyclic) bond motifs is 2. The second kappa shape index (κ2) is 6.60. The maximum Gasteiger partial charge on any atom is 0.253 e. The van der Waals surface area contributed by atoms with Gasteiger partial charge in [0, 0.05) is 12.1 Å². The van der Waals surface area contributed by atoms with Crippen molar-refractivity contribution in [3.05, 3.63) is 46.8 Å². The van der Waals surface area contributed by atoms with E-state index in [-0.39, 0.29) is 16.3 Å². The minimum absolute atomic E-state index is 0.226. The van der Waals surface area contributed by atoms with Gasteiger partial charge >= 0.3 is 0 Å². The Hall–Kier alpha value is -0.930. The molecule has 4 rings (SSSR count). The Morgan fingerprint density at radius 2 is 1.54 bits per heavy atom. The molecule has 0 radical (unpaired) electrons. The number of benzene rings is 1. The van der Waals surface area contributed by atoms with Gasteiger partial charge in [-0.05, 0) is 49.9 Å². The largest absolute Gasteiger partial charge is 0.253 e. The van der Waals surface area contributed by atoms with Gasteiger partial charge in [-0.25, -0.2) is 16.8 Å². The third kappa shape index (κ3) is 3.01. The van der Waals surface area contributed by atoms with Gasteiger partial charge in [0.25, 0.3) is 10.0 Å². The number of rotatable bonds is 4. The molecule has 5 nitrogen and oxygen atoms in total. The Morgan fingerprint density at radius 3 is 2.08 bits per heavy atom. The van der Waals surface area contributed by atoms with Crippen LogP contribution in [-0.4, -0.2) is 38.5 Å². The van der Waals surface area contributed by atoms with E-state index in [4.69, 9.17) is 11.6 Å². The maximum atomic E-state index is 13.0. The first-order valence-corrected chi connectivity index (χ1v) is 12.6. The van der Waals surface area contributed by atoms with Crippen molar-refractivity contribution in [3.8, 4) is 0 Å². The van der Waals surface area contributed by atoms with Crippen LogP contribution in [0.4, 0.5) is 0 Å². The van der Waals surface area contributed by atoms with Crippen LogP contribution in [0, 0.1) is 0 Å². The highest BCUT2D eigenvalue weighted by Gasteiger charge is 2.50. The van der Waals surface area contributed by atoms with Gasteiger partial charge in [-0.3, -0.25) is 0 Å². The average molecular weight is 432 g/mol. The molecule has 3 heterocycles. The van der Waals surface area contributed by atoms with Crippen molar-refractivity contribution >= 4 is 42.8 Å². The molecule has 2 fully saturated rings. The minimum Gasteiger partial charge on any atom is -0.223 e. The van der Waals surface area contributed by atoms with E-state index in [1.807, 2.05) is 0 Å². The monoisotopic (exact) mass is 431 g/mol. The van der Waals surface area contributed by atoms with Gasteiger partial charge in [0.2, 0.25) is 0 Å². The van der Waals surface area contributed by atoms with Crippen LogP contribution in [-0.2, 0) is 19.9 Å². The Morgan fingerprint density at radius 1 is 0.923 bits per heavy atom. The molecule has 0 amide bonds. The lowest BCUT2D eigenvalue weighted by atomic mass is 10.1. The zero-order valence-corrected chi connectivity index (χ0v) is 17.0. The molecule has 2 aliphatic heterocycles. The highest BCUT2D eigenvalue weighted by Crippen LogP contribution is 2.43. The highest BCUT2D eigenvalue weighted by atomic mass is 35.5. The van der Waals surface area contributed by atoms with E-state index in [9.17, 15) is 16.8 Å². The molecule has 2 saturated heterocycles. The van der Waals surface area contributed by atoms with Crippen molar-refractivity contribution in [2.75, 3.05) is 0 Å². The molecule has 0 aliphatic carbocycles. The van der Waals surface area contributed by atoms with Crippen molar-refractivity contribution < 1.29 is 16.8 Å². The Labute approximate surface area is 162 Å². The van der Waals surface area contributed by atoms with Gasteiger partial charge in [-0.1, -0.05) is 29.8 Å². The lowest BCUT2D eigenvalue weighted by molar-refractivity contribution is 0.249. The topological polar surface area (TPSA) is 71.5 Å². The van der Waals surface area contributed by atoms with Crippen molar-refractivity contribution in [2.24, 2.45) is 0 Å². The van der Waals surface area contributed by atoms with Crippen molar-refractivity contribution in [3.63, 3.8) is 0 Å². The molecule has 2 atom stereocenters. The molecule has 1 aromatic carbocycles. The third-order valence-corrected chi connectivity index (χ3v) is 11.1. The van der Waals surface area contributed by atoms with Crippen molar-refractivity contribution in [1.82, 2.24) is 4.31 Å². The number of hydrogen-bond donors (Lipinski definition) is 0. The molecule has 0 spiro atoms. The molecular formula is C17H18ClNO4S3. The Kier molecular flexibility index (Phi) is 4.68. The highest BCUT2D eigenvalue weighted by molar-refractivity contribution is 7.92. The van der Waals surface area contributed by atoms with E-state index in [0.717, 1.165) is 11.3 Å². The summed E-state index contributed by atoms with van der Waals surface area (Å²) in [5, 5.41) is -0.541.